The molecule has 0 aliphatic heterocycles. The second kappa shape index (κ2) is 7.22. The van der Waals surface area contributed by atoms with E-state index in [0.29, 0.717) is 6.07 Å². The summed E-state index contributed by atoms with van der Waals surface area (Å²) in [5, 5.41) is -0.337. The third kappa shape index (κ3) is 3.55. The average molecular weight is 382 g/mol. The molecule has 0 aromatic heterocycles. The van der Waals surface area contributed by atoms with Gasteiger partial charge in [-0.2, -0.15) is 0 Å². The summed E-state index contributed by atoms with van der Waals surface area (Å²) in [7, 11) is 0. The van der Waals surface area contributed by atoms with Gasteiger partial charge in [-0.15, -0.1) is 0 Å². The van der Waals surface area contributed by atoms with E-state index < -0.39 is 40.6 Å². The lowest BCUT2D eigenvalue weighted by Gasteiger charge is -2.10. The van der Waals surface area contributed by atoms with Crippen molar-refractivity contribution >= 4 is 16.7 Å². The fraction of sp³-hybridized carbons (Fsp3) is 0.105. The Labute approximate surface area is 149 Å². The maximum Gasteiger partial charge on any atom is 0.349 e. The molecule has 140 valence electrons. The van der Waals surface area contributed by atoms with E-state index in [2.05, 4.69) is 0 Å². The Balaban J connectivity index is 1.93. The van der Waals surface area contributed by atoms with Crippen molar-refractivity contribution in [2.45, 2.75) is 6.92 Å². The normalized spacial score (nSPS) is 10.9. The van der Waals surface area contributed by atoms with Crippen LogP contribution in [0.2, 0.25) is 0 Å². The molecule has 0 fully saturated rings. The smallest absolute Gasteiger partial charge is 0.349 e. The van der Waals surface area contributed by atoms with Crippen LogP contribution < -0.4 is 9.47 Å². The first kappa shape index (κ1) is 18.6. The fourth-order valence-electron chi connectivity index (χ4n) is 2.50. The van der Waals surface area contributed by atoms with Gasteiger partial charge in [0.15, 0.2) is 17.5 Å². The molecule has 3 rings (SSSR count). The van der Waals surface area contributed by atoms with Gasteiger partial charge in [0.25, 0.3) is 0 Å². The van der Waals surface area contributed by atoms with Crippen LogP contribution in [0.3, 0.4) is 0 Å². The zero-order chi connectivity index (χ0) is 19.7. The van der Waals surface area contributed by atoms with Gasteiger partial charge in [-0.1, -0.05) is 0 Å². The number of hydrogen-bond donors (Lipinski definition) is 0. The summed E-state index contributed by atoms with van der Waals surface area (Å²) in [6.45, 7) is 1.79. The number of carbonyl (C=O) groups is 1. The molecule has 8 heteroatoms. The van der Waals surface area contributed by atoms with E-state index in [1.807, 2.05) is 0 Å². The summed E-state index contributed by atoms with van der Waals surface area (Å²) in [5.41, 5.74) is -0.949. The largest absolute Gasteiger partial charge is 0.494 e. The standard InChI is InChI=1S/C19H11F5O3/c1-2-26-11-7-13(20)16(14(21)8-11)19(25)27-10-3-4-12-9(5-10)6-15(22)18(24)17(12)23/h3-8H,2H2,1H3. The summed E-state index contributed by atoms with van der Waals surface area (Å²) >= 11 is 0. The van der Waals surface area contributed by atoms with Crippen LogP contribution in [-0.4, -0.2) is 12.6 Å². The van der Waals surface area contributed by atoms with Crippen molar-refractivity contribution < 1.29 is 36.2 Å². The SMILES string of the molecule is CCOc1cc(F)c(C(=O)Oc2ccc3c(F)c(F)c(F)cc3c2)c(F)c1. The summed E-state index contributed by atoms with van der Waals surface area (Å²) in [6.07, 6.45) is 0. The average Bonchev–Trinajstić information content (AvgIpc) is 2.59. The van der Waals surface area contributed by atoms with Crippen LogP contribution in [0.5, 0.6) is 11.5 Å². The molecule has 3 aromatic carbocycles. The minimum atomic E-state index is -1.63. The molecule has 0 bridgehead atoms. The molecule has 0 aliphatic rings. The van der Waals surface area contributed by atoms with Crippen molar-refractivity contribution in [2.24, 2.45) is 0 Å². The molecule has 0 heterocycles. The van der Waals surface area contributed by atoms with E-state index in [1.165, 1.54) is 0 Å². The number of rotatable bonds is 4. The highest BCUT2D eigenvalue weighted by atomic mass is 19.2. The molecule has 0 N–H and O–H groups in total. The van der Waals surface area contributed by atoms with Gasteiger partial charge in [0, 0.05) is 17.5 Å². The molecule has 0 radical (unpaired) electrons. The third-order valence-corrected chi connectivity index (χ3v) is 3.69. The first-order valence-electron chi connectivity index (χ1n) is 7.73. The molecule has 0 amide bonds. The number of ether oxygens (including phenoxy) is 2. The Bertz CT molecular complexity index is 1030. The zero-order valence-corrected chi connectivity index (χ0v) is 13.8. The number of halogens is 5. The summed E-state index contributed by atoms with van der Waals surface area (Å²) < 4.78 is 78.2. The topological polar surface area (TPSA) is 35.5 Å². The monoisotopic (exact) mass is 382 g/mol. The van der Waals surface area contributed by atoms with Crippen molar-refractivity contribution in [1.82, 2.24) is 0 Å². The van der Waals surface area contributed by atoms with E-state index in [1.54, 1.807) is 6.92 Å². The van der Waals surface area contributed by atoms with Crippen LogP contribution in [0.25, 0.3) is 10.8 Å². The van der Waals surface area contributed by atoms with Crippen molar-refractivity contribution in [3.63, 3.8) is 0 Å². The highest BCUT2D eigenvalue weighted by molar-refractivity contribution is 5.93. The summed E-state index contributed by atoms with van der Waals surface area (Å²) in [4.78, 5) is 12.1. The highest BCUT2D eigenvalue weighted by Crippen LogP contribution is 2.28. The second-order valence-corrected chi connectivity index (χ2v) is 5.45. The molecule has 3 aromatic rings. The van der Waals surface area contributed by atoms with Crippen molar-refractivity contribution in [3.05, 3.63) is 71.0 Å². The molecule has 0 atom stereocenters. The van der Waals surface area contributed by atoms with Crippen LogP contribution in [0, 0.1) is 29.1 Å². The molecule has 3 nitrogen and oxygen atoms in total. The number of hydrogen-bond acceptors (Lipinski definition) is 3. The Kier molecular flexibility index (Phi) is 4.98. The minimum absolute atomic E-state index is 0.0932. The number of benzene rings is 3. The number of fused-ring (bicyclic) bond motifs is 1. The third-order valence-electron chi connectivity index (χ3n) is 3.69. The van der Waals surface area contributed by atoms with Gasteiger partial charge < -0.3 is 9.47 Å². The predicted octanol–water partition coefficient (Wildman–Crippen LogP) is 5.15. The first-order valence-corrected chi connectivity index (χ1v) is 7.73. The van der Waals surface area contributed by atoms with Gasteiger partial charge in [-0.25, -0.2) is 26.7 Å². The van der Waals surface area contributed by atoms with Gasteiger partial charge in [-0.3, -0.25) is 0 Å². The maximum atomic E-state index is 14.0. The van der Waals surface area contributed by atoms with Crippen molar-refractivity contribution in [3.8, 4) is 11.5 Å². The molecule has 0 saturated carbocycles. The Hall–Kier alpha value is -3.16. The van der Waals surface area contributed by atoms with Crippen LogP contribution >= 0.6 is 0 Å². The Morgan fingerprint density at radius 2 is 1.52 bits per heavy atom. The van der Waals surface area contributed by atoms with Crippen molar-refractivity contribution in [2.75, 3.05) is 6.61 Å². The lowest BCUT2D eigenvalue weighted by Crippen LogP contribution is -2.13. The molecule has 0 spiro atoms. The lowest BCUT2D eigenvalue weighted by atomic mass is 10.1. The number of esters is 1. The van der Waals surface area contributed by atoms with Gasteiger partial charge in [0.2, 0.25) is 0 Å². The van der Waals surface area contributed by atoms with E-state index in [-0.39, 0.29) is 28.9 Å². The van der Waals surface area contributed by atoms with Crippen LogP contribution in [0.15, 0.2) is 36.4 Å². The van der Waals surface area contributed by atoms with Crippen molar-refractivity contribution in [1.29, 1.82) is 0 Å². The van der Waals surface area contributed by atoms with Gasteiger partial charge >= 0.3 is 5.97 Å². The fourth-order valence-corrected chi connectivity index (χ4v) is 2.50. The van der Waals surface area contributed by atoms with Crippen LogP contribution in [-0.2, 0) is 0 Å². The molecule has 0 unspecified atom stereocenters. The molecule has 27 heavy (non-hydrogen) atoms. The van der Waals surface area contributed by atoms with E-state index in [0.717, 1.165) is 30.3 Å². The van der Waals surface area contributed by atoms with Crippen LogP contribution in [0.1, 0.15) is 17.3 Å². The lowest BCUT2D eigenvalue weighted by molar-refractivity contribution is 0.0724. The van der Waals surface area contributed by atoms with Gasteiger partial charge in [0.1, 0.15) is 28.7 Å². The molecule has 0 saturated heterocycles. The van der Waals surface area contributed by atoms with Crippen LogP contribution in [0.4, 0.5) is 22.0 Å². The molecular formula is C19H11F5O3. The van der Waals surface area contributed by atoms with Gasteiger partial charge in [0.05, 0.1) is 6.61 Å². The van der Waals surface area contributed by atoms with Gasteiger partial charge in [-0.05, 0) is 36.6 Å². The quantitative estimate of drug-likeness (QED) is 0.271. The molecular weight excluding hydrogens is 371 g/mol. The maximum absolute atomic E-state index is 14.0. The van der Waals surface area contributed by atoms with E-state index in [4.69, 9.17) is 9.47 Å². The second-order valence-electron chi connectivity index (χ2n) is 5.45. The minimum Gasteiger partial charge on any atom is -0.494 e. The number of carbonyl (C=O) groups excluding carboxylic acids is 1. The van der Waals surface area contributed by atoms with E-state index >= 15 is 0 Å². The first-order chi connectivity index (χ1) is 12.8. The zero-order valence-electron chi connectivity index (χ0n) is 13.8. The Morgan fingerprint density at radius 3 is 2.15 bits per heavy atom. The highest BCUT2D eigenvalue weighted by Gasteiger charge is 2.22. The molecule has 0 aliphatic carbocycles. The Morgan fingerprint density at radius 1 is 0.852 bits per heavy atom. The van der Waals surface area contributed by atoms with E-state index in [9.17, 15) is 26.7 Å². The predicted molar refractivity (Wildman–Crippen MR) is 86.3 cm³/mol. The summed E-state index contributed by atoms with van der Waals surface area (Å²) in [5.74, 6) is -8.51. The summed E-state index contributed by atoms with van der Waals surface area (Å²) in [6, 6.07) is 5.56.